The van der Waals surface area contributed by atoms with Gasteiger partial charge in [-0.3, -0.25) is 0 Å². The summed E-state index contributed by atoms with van der Waals surface area (Å²) in [6.07, 6.45) is 0.625. The Labute approximate surface area is 74.9 Å². The number of aromatic carboxylic acids is 1. The molecule has 0 saturated heterocycles. The van der Waals surface area contributed by atoms with E-state index in [9.17, 15) is 4.79 Å². The number of carboxylic acid groups (broad SMARTS) is 1. The summed E-state index contributed by atoms with van der Waals surface area (Å²) in [5, 5.41) is 12.6. The minimum absolute atomic E-state index is 0.0664. The number of rotatable bonds is 2. The van der Waals surface area contributed by atoms with Crippen LogP contribution in [0.2, 0.25) is 0 Å². The van der Waals surface area contributed by atoms with Gasteiger partial charge in [-0.1, -0.05) is 6.92 Å². The fraction of sp³-hybridized carbons (Fsp3) is 0.429. The molecular formula is C7H9ClN2O2. The average Bonchev–Trinajstić information content (AvgIpc) is 2.24. The van der Waals surface area contributed by atoms with Gasteiger partial charge in [0, 0.05) is 17.3 Å². The van der Waals surface area contributed by atoms with Crippen LogP contribution in [-0.4, -0.2) is 20.4 Å². The summed E-state index contributed by atoms with van der Waals surface area (Å²) in [4.78, 5) is 10.7. The van der Waals surface area contributed by atoms with Crippen molar-refractivity contribution in [3.05, 3.63) is 17.0 Å². The Morgan fingerprint density at radius 1 is 1.75 bits per heavy atom. The third-order valence-electron chi connectivity index (χ3n) is 1.70. The van der Waals surface area contributed by atoms with E-state index in [0.717, 1.165) is 4.20 Å². The van der Waals surface area contributed by atoms with Crippen molar-refractivity contribution >= 4 is 17.7 Å². The molecule has 0 aliphatic carbocycles. The third-order valence-corrected chi connectivity index (χ3v) is 1.95. The first-order chi connectivity index (χ1) is 5.57. The van der Waals surface area contributed by atoms with Gasteiger partial charge >= 0.3 is 5.97 Å². The molecule has 12 heavy (non-hydrogen) atoms. The summed E-state index contributed by atoms with van der Waals surface area (Å²) in [5.41, 5.74) is 1.43. The van der Waals surface area contributed by atoms with Gasteiger partial charge in [0.05, 0.1) is 5.69 Å². The van der Waals surface area contributed by atoms with Gasteiger partial charge in [-0.05, 0) is 13.3 Å². The fourth-order valence-corrected chi connectivity index (χ4v) is 1.44. The van der Waals surface area contributed by atoms with E-state index in [4.69, 9.17) is 16.9 Å². The molecule has 4 nitrogen and oxygen atoms in total. The van der Waals surface area contributed by atoms with E-state index in [1.54, 1.807) is 6.92 Å². The van der Waals surface area contributed by atoms with Gasteiger partial charge in [-0.15, -0.1) is 0 Å². The van der Waals surface area contributed by atoms with Gasteiger partial charge < -0.3 is 5.11 Å². The number of nitrogens with zero attached hydrogens (tertiary/aromatic N) is 2. The second kappa shape index (κ2) is 3.15. The number of halogens is 1. The minimum Gasteiger partial charge on any atom is -0.476 e. The molecule has 0 unspecified atom stereocenters. The second-order valence-corrected chi connectivity index (χ2v) is 2.75. The topological polar surface area (TPSA) is 55.1 Å². The van der Waals surface area contributed by atoms with Crippen LogP contribution in [0.15, 0.2) is 0 Å². The lowest BCUT2D eigenvalue weighted by molar-refractivity contribution is 0.0687. The molecule has 0 spiro atoms. The van der Waals surface area contributed by atoms with E-state index in [1.165, 1.54) is 0 Å². The molecular weight excluding hydrogens is 180 g/mol. The van der Waals surface area contributed by atoms with Crippen LogP contribution in [-0.2, 0) is 6.42 Å². The molecule has 1 heterocycles. The van der Waals surface area contributed by atoms with Crippen molar-refractivity contribution in [1.82, 2.24) is 9.30 Å². The van der Waals surface area contributed by atoms with E-state index in [1.807, 2.05) is 6.92 Å². The molecule has 5 heteroatoms. The lowest BCUT2D eigenvalue weighted by atomic mass is 10.1. The molecule has 1 N–H and O–H groups in total. The number of hydrogen-bond acceptors (Lipinski definition) is 2. The number of hydrogen-bond donors (Lipinski definition) is 1. The lowest BCUT2D eigenvalue weighted by Gasteiger charge is -1.95. The predicted octanol–water partition coefficient (Wildman–Crippen LogP) is 1.45. The zero-order valence-corrected chi connectivity index (χ0v) is 7.59. The maximum atomic E-state index is 10.7. The summed E-state index contributed by atoms with van der Waals surface area (Å²) in [5.74, 6) is -1.04. The fourth-order valence-electron chi connectivity index (χ4n) is 1.16. The monoisotopic (exact) mass is 188 g/mol. The van der Waals surface area contributed by atoms with Crippen molar-refractivity contribution in [2.45, 2.75) is 20.3 Å². The van der Waals surface area contributed by atoms with E-state index in [-0.39, 0.29) is 5.69 Å². The molecule has 0 radical (unpaired) electrons. The van der Waals surface area contributed by atoms with E-state index in [2.05, 4.69) is 5.10 Å². The van der Waals surface area contributed by atoms with Crippen LogP contribution in [0.3, 0.4) is 0 Å². The van der Waals surface area contributed by atoms with Crippen molar-refractivity contribution in [1.29, 1.82) is 0 Å². The molecule has 0 aromatic carbocycles. The van der Waals surface area contributed by atoms with Gasteiger partial charge in [0.25, 0.3) is 0 Å². The quantitative estimate of drug-likeness (QED) is 0.765. The number of aryl methyl sites for hydroxylation is 1. The molecule has 0 atom stereocenters. The normalized spacial score (nSPS) is 10.2. The van der Waals surface area contributed by atoms with Crippen molar-refractivity contribution in [3.63, 3.8) is 0 Å². The molecule has 1 rings (SSSR count). The van der Waals surface area contributed by atoms with Crippen molar-refractivity contribution < 1.29 is 9.90 Å². The maximum absolute atomic E-state index is 10.7. The van der Waals surface area contributed by atoms with Crippen LogP contribution in [0.5, 0.6) is 0 Å². The number of carboxylic acids is 1. The van der Waals surface area contributed by atoms with Crippen molar-refractivity contribution in [2.75, 3.05) is 0 Å². The summed E-state index contributed by atoms with van der Waals surface area (Å²) >= 11 is 5.55. The highest BCUT2D eigenvalue weighted by Crippen LogP contribution is 2.15. The van der Waals surface area contributed by atoms with E-state index in [0.29, 0.717) is 17.7 Å². The minimum atomic E-state index is -1.04. The van der Waals surface area contributed by atoms with Crippen LogP contribution in [0.25, 0.3) is 0 Å². The van der Waals surface area contributed by atoms with Crippen LogP contribution in [0.4, 0.5) is 0 Å². The Hall–Kier alpha value is -1.03. The highest BCUT2D eigenvalue weighted by atomic mass is 35.5. The zero-order valence-electron chi connectivity index (χ0n) is 6.83. The maximum Gasteiger partial charge on any atom is 0.356 e. The SMILES string of the molecule is CCc1c(C)nn(Cl)c1C(=O)O. The molecule has 1 aromatic heterocycles. The Kier molecular flexibility index (Phi) is 2.38. The van der Waals surface area contributed by atoms with Crippen LogP contribution in [0.1, 0.15) is 28.7 Å². The highest BCUT2D eigenvalue weighted by molar-refractivity contribution is 6.17. The smallest absolute Gasteiger partial charge is 0.356 e. The van der Waals surface area contributed by atoms with Crippen LogP contribution in [0, 0.1) is 6.92 Å². The molecule has 0 aliphatic rings. The zero-order chi connectivity index (χ0) is 9.30. The highest BCUT2D eigenvalue weighted by Gasteiger charge is 2.18. The third kappa shape index (κ3) is 1.30. The number of carbonyl (C=O) groups is 1. The Bertz CT molecular complexity index is 319. The van der Waals surface area contributed by atoms with Gasteiger partial charge in [0.15, 0.2) is 5.69 Å². The summed E-state index contributed by atoms with van der Waals surface area (Å²) in [6, 6.07) is 0. The molecule has 0 fully saturated rings. The first kappa shape index (κ1) is 9.06. The van der Waals surface area contributed by atoms with Crippen LogP contribution < -0.4 is 0 Å². The van der Waals surface area contributed by atoms with Gasteiger partial charge in [0.2, 0.25) is 0 Å². The summed E-state index contributed by atoms with van der Waals surface area (Å²) < 4.78 is 0.885. The van der Waals surface area contributed by atoms with Gasteiger partial charge in [-0.2, -0.15) is 9.30 Å². The van der Waals surface area contributed by atoms with E-state index >= 15 is 0 Å². The molecule has 66 valence electrons. The molecule has 0 saturated carbocycles. The average molecular weight is 189 g/mol. The lowest BCUT2D eigenvalue weighted by Crippen LogP contribution is -2.04. The molecule has 0 amide bonds. The number of aromatic nitrogens is 2. The van der Waals surface area contributed by atoms with E-state index < -0.39 is 5.97 Å². The standard InChI is InChI=1S/C7H9ClN2O2/c1-3-5-4(2)9-10(8)6(5)7(11)12/h3H2,1-2H3,(H,11,12). The largest absolute Gasteiger partial charge is 0.476 e. The van der Waals surface area contributed by atoms with Crippen molar-refractivity contribution in [3.8, 4) is 0 Å². The van der Waals surface area contributed by atoms with Gasteiger partial charge in [-0.25, -0.2) is 4.79 Å². The van der Waals surface area contributed by atoms with Gasteiger partial charge in [0.1, 0.15) is 0 Å². The first-order valence-electron chi connectivity index (χ1n) is 3.55. The molecule has 1 aromatic rings. The Morgan fingerprint density at radius 2 is 2.33 bits per heavy atom. The molecule has 0 aliphatic heterocycles. The Morgan fingerprint density at radius 3 is 2.67 bits per heavy atom. The first-order valence-corrected chi connectivity index (χ1v) is 3.89. The molecule has 0 bridgehead atoms. The second-order valence-electron chi connectivity index (χ2n) is 2.43. The van der Waals surface area contributed by atoms with Crippen LogP contribution >= 0.6 is 11.8 Å². The Balaban J connectivity index is 3.32. The summed E-state index contributed by atoms with van der Waals surface area (Å²) in [7, 11) is 0. The predicted molar refractivity (Wildman–Crippen MR) is 44.6 cm³/mol. The van der Waals surface area contributed by atoms with Crippen molar-refractivity contribution in [2.24, 2.45) is 0 Å². The summed E-state index contributed by atoms with van der Waals surface area (Å²) in [6.45, 7) is 3.61.